The molecule has 0 spiro atoms. The lowest BCUT2D eigenvalue weighted by Gasteiger charge is -2.20. The van der Waals surface area contributed by atoms with E-state index < -0.39 is 11.7 Å². The SMILES string of the molecule is Cc1nnc(C(F)CC(C)(C)N)n1C. The number of nitrogens with zero attached hydrogens (tertiary/aromatic N) is 3. The van der Waals surface area contributed by atoms with Gasteiger partial charge in [-0.3, -0.25) is 0 Å². The third-order valence-electron chi connectivity index (χ3n) is 2.11. The van der Waals surface area contributed by atoms with Gasteiger partial charge in [0.1, 0.15) is 5.82 Å². The maximum absolute atomic E-state index is 13.7. The van der Waals surface area contributed by atoms with Gasteiger partial charge in [0, 0.05) is 19.0 Å². The van der Waals surface area contributed by atoms with Crippen LogP contribution in [0.15, 0.2) is 0 Å². The second kappa shape index (κ2) is 3.65. The van der Waals surface area contributed by atoms with Crippen LogP contribution in [-0.2, 0) is 7.05 Å². The minimum absolute atomic E-state index is 0.249. The number of rotatable bonds is 3. The molecule has 0 bridgehead atoms. The number of aromatic nitrogens is 3. The molecule has 2 N–H and O–H groups in total. The molecule has 0 aliphatic carbocycles. The van der Waals surface area contributed by atoms with E-state index in [0.717, 1.165) is 0 Å². The van der Waals surface area contributed by atoms with Gasteiger partial charge in [0.25, 0.3) is 0 Å². The topological polar surface area (TPSA) is 56.7 Å². The van der Waals surface area contributed by atoms with Crippen LogP contribution in [0.5, 0.6) is 0 Å². The maximum atomic E-state index is 13.7. The summed E-state index contributed by atoms with van der Waals surface area (Å²) in [5.41, 5.74) is 5.20. The van der Waals surface area contributed by atoms with E-state index in [1.807, 2.05) is 0 Å². The average Bonchev–Trinajstić information content (AvgIpc) is 2.29. The average molecular weight is 200 g/mol. The molecule has 1 unspecified atom stereocenters. The normalized spacial score (nSPS) is 14.4. The highest BCUT2D eigenvalue weighted by molar-refractivity contribution is 4.98. The van der Waals surface area contributed by atoms with Crippen LogP contribution in [-0.4, -0.2) is 20.3 Å². The maximum Gasteiger partial charge on any atom is 0.167 e. The summed E-state index contributed by atoms with van der Waals surface area (Å²) >= 11 is 0. The van der Waals surface area contributed by atoms with Gasteiger partial charge in [0.15, 0.2) is 12.0 Å². The van der Waals surface area contributed by atoms with Crippen LogP contribution in [0.4, 0.5) is 4.39 Å². The molecule has 0 saturated carbocycles. The van der Waals surface area contributed by atoms with E-state index >= 15 is 0 Å². The molecule has 1 aromatic rings. The summed E-state index contributed by atoms with van der Waals surface area (Å²) in [7, 11) is 1.75. The largest absolute Gasteiger partial charge is 0.325 e. The Hall–Kier alpha value is -0.970. The molecular formula is C9H17FN4. The summed E-state index contributed by atoms with van der Waals surface area (Å²) in [6.07, 6.45) is -0.903. The van der Waals surface area contributed by atoms with Gasteiger partial charge >= 0.3 is 0 Å². The molecule has 80 valence electrons. The summed E-state index contributed by atoms with van der Waals surface area (Å²) in [6.45, 7) is 5.38. The zero-order chi connectivity index (χ0) is 10.9. The number of aryl methyl sites for hydroxylation is 1. The van der Waals surface area contributed by atoms with Crippen molar-refractivity contribution >= 4 is 0 Å². The number of nitrogens with two attached hydrogens (primary N) is 1. The van der Waals surface area contributed by atoms with Gasteiger partial charge in [-0.1, -0.05) is 0 Å². The van der Waals surface area contributed by atoms with E-state index in [1.54, 1.807) is 32.4 Å². The molecule has 1 heterocycles. The third kappa shape index (κ3) is 2.51. The standard InChI is InChI=1S/C9H17FN4/c1-6-12-13-8(14(6)4)7(10)5-9(2,3)11/h7H,5,11H2,1-4H3. The van der Waals surface area contributed by atoms with Gasteiger partial charge in [-0.15, -0.1) is 10.2 Å². The highest BCUT2D eigenvalue weighted by Crippen LogP contribution is 2.24. The van der Waals surface area contributed by atoms with Crippen molar-refractivity contribution in [3.05, 3.63) is 11.6 Å². The van der Waals surface area contributed by atoms with Crippen LogP contribution < -0.4 is 5.73 Å². The number of alkyl halides is 1. The highest BCUT2D eigenvalue weighted by atomic mass is 19.1. The molecule has 1 rings (SSSR count). The Labute approximate surface area is 83.3 Å². The lowest BCUT2D eigenvalue weighted by atomic mass is 9.99. The van der Waals surface area contributed by atoms with Crippen LogP contribution in [0.2, 0.25) is 0 Å². The molecule has 1 aromatic heterocycles. The molecule has 0 fully saturated rings. The molecule has 0 amide bonds. The Bertz CT molecular complexity index is 313. The first-order valence-corrected chi connectivity index (χ1v) is 4.60. The van der Waals surface area contributed by atoms with Crippen LogP contribution in [0.3, 0.4) is 0 Å². The van der Waals surface area contributed by atoms with E-state index in [-0.39, 0.29) is 6.42 Å². The fourth-order valence-electron chi connectivity index (χ4n) is 1.25. The molecule has 1 atom stereocenters. The smallest absolute Gasteiger partial charge is 0.167 e. The second-order valence-corrected chi connectivity index (χ2v) is 4.32. The van der Waals surface area contributed by atoms with Gasteiger partial charge < -0.3 is 10.3 Å². The van der Waals surface area contributed by atoms with Crippen molar-refractivity contribution in [1.29, 1.82) is 0 Å². The molecule has 0 aliphatic rings. The first-order valence-electron chi connectivity index (χ1n) is 4.60. The molecule has 0 saturated heterocycles. The van der Waals surface area contributed by atoms with Crippen molar-refractivity contribution < 1.29 is 4.39 Å². The summed E-state index contributed by atoms with van der Waals surface area (Å²) in [5, 5.41) is 7.58. The Kier molecular flexibility index (Phi) is 2.89. The van der Waals surface area contributed by atoms with Crippen molar-refractivity contribution in [2.75, 3.05) is 0 Å². The van der Waals surface area contributed by atoms with Crippen molar-refractivity contribution in [1.82, 2.24) is 14.8 Å². The van der Waals surface area contributed by atoms with Crippen molar-refractivity contribution in [3.8, 4) is 0 Å². The molecule has 5 heteroatoms. The van der Waals surface area contributed by atoms with Crippen LogP contribution in [0.25, 0.3) is 0 Å². The molecule has 14 heavy (non-hydrogen) atoms. The van der Waals surface area contributed by atoms with Crippen LogP contribution in [0.1, 0.15) is 38.1 Å². The number of hydrogen-bond donors (Lipinski definition) is 1. The summed E-state index contributed by atoms with van der Waals surface area (Å²) < 4.78 is 15.4. The molecule has 0 radical (unpaired) electrons. The summed E-state index contributed by atoms with van der Waals surface area (Å²) in [5.74, 6) is 1.05. The fraction of sp³-hybridized carbons (Fsp3) is 0.778. The fourth-order valence-corrected chi connectivity index (χ4v) is 1.25. The minimum atomic E-state index is -1.15. The first kappa shape index (κ1) is 11.1. The Morgan fingerprint density at radius 2 is 2.07 bits per heavy atom. The molecule has 0 aromatic carbocycles. The Morgan fingerprint density at radius 3 is 2.43 bits per heavy atom. The van der Waals surface area contributed by atoms with Gasteiger partial charge in [-0.05, 0) is 20.8 Å². The van der Waals surface area contributed by atoms with E-state index in [1.165, 1.54) is 0 Å². The lowest BCUT2D eigenvalue weighted by Crippen LogP contribution is -2.33. The predicted octanol–water partition coefficient (Wildman–Crippen LogP) is 1.26. The third-order valence-corrected chi connectivity index (χ3v) is 2.11. The first-order chi connectivity index (χ1) is 6.31. The number of hydrogen-bond acceptors (Lipinski definition) is 3. The Balaban J connectivity index is 2.80. The van der Waals surface area contributed by atoms with Gasteiger partial charge in [-0.2, -0.15) is 0 Å². The van der Waals surface area contributed by atoms with E-state index in [2.05, 4.69) is 10.2 Å². The molecular weight excluding hydrogens is 183 g/mol. The summed E-state index contributed by atoms with van der Waals surface area (Å²) in [4.78, 5) is 0. The second-order valence-electron chi connectivity index (χ2n) is 4.32. The monoisotopic (exact) mass is 200 g/mol. The zero-order valence-corrected chi connectivity index (χ0v) is 9.08. The number of halogens is 1. The molecule has 4 nitrogen and oxygen atoms in total. The van der Waals surface area contributed by atoms with Crippen molar-refractivity contribution in [2.24, 2.45) is 12.8 Å². The Morgan fingerprint density at radius 1 is 1.50 bits per heavy atom. The van der Waals surface area contributed by atoms with Crippen LogP contribution >= 0.6 is 0 Å². The predicted molar refractivity (Wildman–Crippen MR) is 52.5 cm³/mol. The van der Waals surface area contributed by atoms with Crippen molar-refractivity contribution in [3.63, 3.8) is 0 Å². The zero-order valence-electron chi connectivity index (χ0n) is 9.08. The molecule has 0 aliphatic heterocycles. The van der Waals surface area contributed by atoms with Crippen LogP contribution in [0, 0.1) is 6.92 Å². The van der Waals surface area contributed by atoms with E-state index in [9.17, 15) is 4.39 Å². The quantitative estimate of drug-likeness (QED) is 0.799. The van der Waals surface area contributed by atoms with E-state index in [0.29, 0.717) is 11.6 Å². The summed E-state index contributed by atoms with van der Waals surface area (Å²) in [6, 6.07) is 0. The minimum Gasteiger partial charge on any atom is -0.325 e. The van der Waals surface area contributed by atoms with Gasteiger partial charge in [0.05, 0.1) is 0 Å². The lowest BCUT2D eigenvalue weighted by molar-refractivity contribution is 0.251. The highest BCUT2D eigenvalue weighted by Gasteiger charge is 2.24. The van der Waals surface area contributed by atoms with Gasteiger partial charge in [-0.25, -0.2) is 4.39 Å². The van der Waals surface area contributed by atoms with E-state index in [4.69, 9.17) is 5.73 Å². The van der Waals surface area contributed by atoms with Gasteiger partial charge in [0.2, 0.25) is 0 Å². The van der Waals surface area contributed by atoms with Crippen molar-refractivity contribution in [2.45, 2.75) is 38.9 Å².